The Balaban J connectivity index is 1.92. The number of rotatable bonds is 3. The molecule has 6 heteroatoms. The van der Waals surface area contributed by atoms with Gasteiger partial charge in [-0.1, -0.05) is 6.07 Å². The third-order valence-electron chi connectivity index (χ3n) is 2.77. The smallest absolute Gasteiger partial charge is 0.204 e. The molecule has 5 nitrogen and oxygen atoms in total. The van der Waals surface area contributed by atoms with Crippen molar-refractivity contribution in [3.8, 4) is 0 Å². The molecule has 18 heavy (non-hydrogen) atoms. The fraction of sp³-hybridized carbons (Fsp3) is 0.167. The van der Waals surface area contributed by atoms with Crippen LogP contribution in [0.25, 0.3) is 11.0 Å². The number of nitrogens with zero attached hydrogens (tertiary/aromatic N) is 3. The molecule has 0 atom stereocenters. The summed E-state index contributed by atoms with van der Waals surface area (Å²) >= 11 is 0. The summed E-state index contributed by atoms with van der Waals surface area (Å²) in [6.45, 7) is 0.481. The predicted molar refractivity (Wildman–Crippen MR) is 64.5 cm³/mol. The summed E-state index contributed by atoms with van der Waals surface area (Å²) in [6.07, 6.45) is 2.92. The van der Waals surface area contributed by atoms with Gasteiger partial charge in [0.25, 0.3) is 0 Å². The Labute approximate surface area is 102 Å². The Bertz CT molecular complexity index is 675. The fourth-order valence-electron chi connectivity index (χ4n) is 1.83. The van der Waals surface area contributed by atoms with Crippen molar-refractivity contribution in [2.24, 2.45) is 7.05 Å². The molecular formula is C12H11FN4O. The van der Waals surface area contributed by atoms with E-state index in [9.17, 15) is 4.39 Å². The highest BCUT2D eigenvalue weighted by molar-refractivity contribution is 5.79. The molecule has 0 aliphatic heterocycles. The van der Waals surface area contributed by atoms with Crippen molar-refractivity contribution in [2.75, 3.05) is 5.32 Å². The van der Waals surface area contributed by atoms with Gasteiger partial charge in [-0.25, -0.2) is 14.4 Å². The molecule has 1 N–H and O–H groups in total. The van der Waals surface area contributed by atoms with E-state index >= 15 is 0 Å². The second-order valence-electron chi connectivity index (χ2n) is 3.94. The summed E-state index contributed by atoms with van der Waals surface area (Å²) in [5.74, 6) is 0.274. The van der Waals surface area contributed by atoms with Crippen molar-refractivity contribution >= 4 is 17.0 Å². The van der Waals surface area contributed by atoms with E-state index in [-0.39, 0.29) is 5.82 Å². The Kier molecular flexibility index (Phi) is 2.47. The zero-order chi connectivity index (χ0) is 12.5. The number of imidazole rings is 1. The average Bonchev–Trinajstić information content (AvgIpc) is 2.97. The molecule has 1 aromatic carbocycles. The quantitative estimate of drug-likeness (QED) is 0.770. The van der Waals surface area contributed by atoms with Gasteiger partial charge in [-0.3, -0.25) is 0 Å². The van der Waals surface area contributed by atoms with Crippen molar-refractivity contribution in [3.05, 3.63) is 42.4 Å². The molecule has 0 radical (unpaired) electrons. The van der Waals surface area contributed by atoms with E-state index in [2.05, 4.69) is 15.3 Å². The number of aromatic nitrogens is 3. The average molecular weight is 246 g/mol. The normalized spacial score (nSPS) is 11.0. The molecule has 0 amide bonds. The predicted octanol–water partition coefficient (Wildman–Crippen LogP) is 2.31. The van der Waals surface area contributed by atoms with Gasteiger partial charge in [-0.05, 0) is 12.1 Å². The molecule has 2 heterocycles. The number of oxazole rings is 1. The number of benzene rings is 1. The summed E-state index contributed by atoms with van der Waals surface area (Å²) in [5, 5.41) is 3.09. The van der Waals surface area contributed by atoms with Crippen molar-refractivity contribution in [1.29, 1.82) is 0 Å². The van der Waals surface area contributed by atoms with E-state index in [1.54, 1.807) is 16.9 Å². The first-order valence-electron chi connectivity index (χ1n) is 5.47. The number of hydrogen-bond donors (Lipinski definition) is 1. The SMILES string of the molecule is Cn1c(NCc2cocn2)nc2c(F)cccc21. The highest BCUT2D eigenvalue weighted by Gasteiger charge is 2.10. The van der Waals surface area contributed by atoms with Crippen molar-refractivity contribution < 1.29 is 8.81 Å². The summed E-state index contributed by atoms with van der Waals surface area (Å²) in [4.78, 5) is 8.22. The summed E-state index contributed by atoms with van der Waals surface area (Å²) in [7, 11) is 1.83. The van der Waals surface area contributed by atoms with Crippen molar-refractivity contribution in [1.82, 2.24) is 14.5 Å². The lowest BCUT2D eigenvalue weighted by Gasteiger charge is -2.03. The highest BCUT2D eigenvalue weighted by Crippen LogP contribution is 2.20. The van der Waals surface area contributed by atoms with E-state index in [1.165, 1.54) is 12.5 Å². The van der Waals surface area contributed by atoms with Crippen LogP contribution in [0.5, 0.6) is 0 Å². The molecule has 3 rings (SSSR count). The van der Waals surface area contributed by atoms with Gasteiger partial charge in [0.05, 0.1) is 17.8 Å². The van der Waals surface area contributed by atoms with E-state index in [4.69, 9.17) is 4.42 Å². The lowest BCUT2D eigenvalue weighted by atomic mass is 10.3. The maximum atomic E-state index is 13.6. The van der Waals surface area contributed by atoms with Gasteiger partial charge in [-0.2, -0.15) is 0 Å². The Hall–Kier alpha value is -2.37. The Morgan fingerprint density at radius 3 is 3.06 bits per heavy atom. The van der Waals surface area contributed by atoms with Crippen LogP contribution in [0.15, 0.2) is 35.3 Å². The van der Waals surface area contributed by atoms with Crippen LogP contribution in [-0.4, -0.2) is 14.5 Å². The summed E-state index contributed by atoms with van der Waals surface area (Å²) in [6, 6.07) is 4.89. The molecule has 92 valence electrons. The molecule has 0 fully saturated rings. The first kappa shape index (κ1) is 10.8. The van der Waals surface area contributed by atoms with Crippen LogP contribution in [0, 0.1) is 5.82 Å². The second kappa shape index (κ2) is 4.14. The molecule has 0 saturated carbocycles. The topological polar surface area (TPSA) is 55.9 Å². The van der Waals surface area contributed by atoms with Gasteiger partial charge in [0.1, 0.15) is 11.8 Å². The first-order valence-corrected chi connectivity index (χ1v) is 5.47. The minimum Gasteiger partial charge on any atom is -0.451 e. The van der Waals surface area contributed by atoms with Gasteiger partial charge in [-0.15, -0.1) is 0 Å². The number of anilines is 1. The first-order chi connectivity index (χ1) is 8.75. The molecule has 2 aromatic heterocycles. The van der Waals surface area contributed by atoms with Crippen LogP contribution in [0.4, 0.5) is 10.3 Å². The minimum absolute atomic E-state index is 0.322. The lowest BCUT2D eigenvalue weighted by Crippen LogP contribution is -2.04. The molecule has 0 spiro atoms. The molecule has 0 unspecified atom stereocenters. The largest absolute Gasteiger partial charge is 0.451 e. The monoisotopic (exact) mass is 246 g/mol. The van der Waals surface area contributed by atoms with Gasteiger partial charge >= 0.3 is 0 Å². The van der Waals surface area contributed by atoms with Gasteiger partial charge in [0.15, 0.2) is 12.2 Å². The highest BCUT2D eigenvalue weighted by atomic mass is 19.1. The number of nitrogens with one attached hydrogen (secondary N) is 1. The summed E-state index contributed by atoms with van der Waals surface area (Å²) in [5.41, 5.74) is 1.88. The van der Waals surface area contributed by atoms with Crippen LogP contribution in [0.1, 0.15) is 5.69 Å². The van der Waals surface area contributed by atoms with Gasteiger partial charge in [0, 0.05) is 7.05 Å². The number of aryl methyl sites for hydroxylation is 1. The Morgan fingerprint density at radius 1 is 1.44 bits per heavy atom. The zero-order valence-corrected chi connectivity index (χ0v) is 9.72. The van der Waals surface area contributed by atoms with Crippen LogP contribution in [-0.2, 0) is 13.6 Å². The molecular weight excluding hydrogens is 235 g/mol. The van der Waals surface area contributed by atoms with E-state index < -0.39 is 0 Å². The van der Waals surface area contributed by atoms with Crippen LogP contribution in [0.2, 0.25) is 0 Å². The van der Waals surface area contributed by atoms with E-state index in [1.807, 2.05) is 13.1 Å². The molecule has 0 saturated heterocycles. The second-order valence-corrected chi connectivity index (χ2v) is 3.94. The fourth-order valence-corrected chi connectivity index (χ4v) is 1.83. The van der Waals surface area contributed by atoms with Crippen LogP contribution < -0.4 is 5.32 Å². The number of para-hydroxylation sites is 1. The van der Waals surface area contributed by atoms with E-state index in [0.29, 0.717) is 18.0 Å². The van der Waals surface area contributed by atoms with Crippen LogP contribution >= 0.6 is 0 Å². The number of fused-ring (bicyclic) bond motifs is 1. The maximum absolute atomic E-state index is 13.6. The summed E-state index contributed by atoms with van der Waals surface area (Å²) < 4.78 is 20.2. The van der Waals surface area contributed by atoms with Gasteiger partial charge in [0.2, 0.25) is 5.95 Å². The number of hydrogen-bond acceptors (Lipinski definition) is 4. The lowest BCUT2D eigenvalue weighted by molar-refractivity contribution is 0.556. The third kappa shape index (κ3) is 1.71. The van der Waals surface area contributed by atoms with Crippen molar-refractivity contribution in [3.63, 3.8) is 0 Å². The molecule has 0 bridgehead atoms. The van der Waals surface area contributed by atoms with Gasteiger partial charge < -0.3 is 14.3 Å². The zero-order valence-electron chi connectivity index (χ0n) is 9.72. The minimum atomic E-state index is -0.322. The third-order valence-corrected chi connectivity index (χ3v) is 2.77. The van der Waals surface area contributed by atoms with Crippen LogP contribution in [0.3, 0.4) is 0 Å². The number of halogens is 1. The molecule has 0 aliphatic carbocycles. The maximum Gasteiger partial charge on any atom is 0.204 e. The Morgan fingerprint density at radius 2 is 2.33 bits per heavy atom. The molecule has 3 aromatic rings. The molecule has 0 aliphatic rings. The van der Waals surface area contributed by atoms with E-state index in [0.717, 1.165) is 11.2 Å². The van der Waals surface area contributed by atoms with Crippen molar-refractivity contribution in [2.45, 2.75) is 6.54 Å². The standard InChI is InChI=1S/C12H11FN4O/c1-17-10-4-2-3-9(13)11(10)16-12(17)14-5-8-6-18-7-15-8/h2-4,6-7H,5H2,1H3,(H,14,16).